The highest BCUT2D eigenvalue weighted by atomic mass is 19.1. The third-order valence-electron chi connectivity index (χ3n) is 6.23. The van der Waals surface area contributed by atoms with Crippen LogP contribution in [-0.2, 0) is 16.0 Å². The molecule has 0 radical (unpaired) electrons. The van der Waals surface area contributed by atoms with E-state index in [1.807, 2.05) is 31.3 Å². The Morgan fingerprint density at radius 1 is 0.897 bits per heavy atom. The number of aromatic nitrogens is 4. The standard InChI is InChI=1S/C29H29FN4O5/c1-20-19-33(26-17-21(30)3-5-23(20)26)28-7-8-29(35)34(32-28)11-12-39-27-9-10-31-25-18-22(4-6-24(25)27)38-16-15-37-14-13-36-2/h3-10,17-19H,11-16H2,1-2H3. The van der Waals surface area contributed by atoms with Gasteiger partial charge in [0.2, 0.25) is 0 Å². The van der Waals surface area contributed by atoms with E-state index in [0.717, 1.165) is 21.9 Å². The summed E-state index contributed by atoms with van der Waals surface area (Å²) in [7, 11) is 1.63. The third kappa shape index (κ3) is 6.08. The molecule has 5 aromatic rings. The van der Waals surface area contributed by atoms with E-state index >= 15 is 0 Å². The SMILES string of the molecule is COCCOCCOc1ccc2c(OCCn3nc(-n4cc(C)c5ccc(F)cc54)ccc3=O)ccnc2c1. The molecule has 0 aliphatic heterocycles. The Kier molecular flexibility index (Phi) is 8.14. The van der Waals surface area contributed by atoms with Crippen LogP contribution in [0.4, 0.5) is 4.39 Å². The number of rotatable bonds is 12. The van der Waals surface area contributed by atoms with Crippen LogP contribution in [0, 0.1) is 12.7 Å². The van der Waals surface area contributed by atoms with Crippen LogP contribution < -0.4 is 15.0 Å². The fraction of sp³-hybridized carbons (Fsp3) is 0.276. The summed E-state index contributed by atoms with van der Waals surface area (Å²) in [6.07, 6.45) is 3.55. The Labute approximate surface area is 224 Å². The number of pyridine rings is 1. The van der Waals surface area contributed by atoms with Crippen molar-refractivity contribution in [2.75, 3.05) is 40.1 Å². The molecule has 0 atom stereocenters. The van der Waals surface area contributed by atoms with E-state index in [2.05, 4.69) is 10.1 Å². The lowest BCUT2D eigenvalue weighted by atomic mass is 10.2. The number of hydrogen-bond acceptors (Lipinski definition) is 7. The normalized spacial score (nSPS) is 11.4. The average molecular weight is 533 g/mol. The molecule has 0 fully saturated rings. The zero-order valence-electron chi connectivity index (χ0n) is 21.8. The van der Waals surface area contributed by atoms with Gasteiger partial charge in [-0.15, -0.1) is 0 Å². The predicted octanol–water partition coefficient (Wildman–Crippen LogP) is 4.30. The molecule has 5 rings (SSSR count). The van der Waals surface area contributed by atoms with Crippen LogP contribution in [0.1, 0.15) is 5.56 Å². The molecule has 3 aromatic heterocycles. The van der Waals surface area contributed by atoms with Gasteiger partial charge in [-0.2, -0.15) is 5.10 Å². The summed E-state index contributed by atoms with van der Waals surface area (Å²) in [4.78, 5) is 16.9. The van der Waals surface area contributed by atoms with Crippen molar-refractivity contribution in [1.82, 2.24) is 19.3 Å². The Balaban J connectivity index is 1.26. The molecule has 0 aliphatic rings. The second-order valence-electron chi connectivity index (χ2n) is 8.89. The highest BCUT2D eigenvalue weighted by molar-refractivity contribution is 5.86. The fourth-order valence-corrected chi connectivity index (χ4v) is 4.31. The summed E-state index contributed by atoms with van der Waals surface area (Å²) in [6.45, 7) is 4.34. The Bertz CT molecular complexity index is 1650. The second kappa shape index (κ2) is 12.1. The first kappa shape index (κ1) is 26.3. The van der Waals surface area contributed by atoms with Crippen molar-refractivity contribution in [3.63, 3.8) is 0 Å². The quantitative estimate of drug-likeness (QED) is 0.221. The minimum Gasteiger partial charge on any atom is -0.491 e. The molecule has 3 heterocycles. The van der Waals surface area contributed by atoms with Crippen molar-refractivity contribution < 1.29 is 23.3 Å². The molecule has 0 amide bonds. The van der Waals surface area contributed by atoms with Gasteiger partial charge in [-0.1, -0.05) is 0 Å². The third-order valence-corrected chi connectivity index (χ3v) is 6.23. The zero-order valence-corrected chi connectivity index (χ0v) is 21.8. The van der Waals surface area contributed by atoms with Gasteiger partial charge in [0.15, 0.2) is 5.82 Å². The van der Waals surface area contributed by atoms with E-state index < -0.39 is 0 Å². The maximum atomic E-state index is 13.9. The van der Waals surface area contributed by atoms with Gasteiger partial charge in [-0.05, 0) is 55.0 Å². The van der Waals surface area contributed by atoms with E-state index in [-0.39, 0.29) is 24.5 Å². The first-order valence-electron chi connectivity index (χ1n) is 12.6. The van der Waals surface area contributed by atoms with E-state index in [0.29, 0.717) is 49.3 Å². The van der Waals surface area contributed by atoms with Gasteiger partial charge >= 0.3 is 0 Å². The maximum Gasteiger partial charge on any atom is 0.266 e. The molecule has 0 N–H and O–H groups in total. The first-order chi connectivity index (χ1) is 19.0. The topological polar surface area (TPSA) is 89.6 Å². The largest absolute Gasteiger partial charge is 0.491 e. The Morgan fingerprint density at radius 2 is 1.74 bits per heavy atom. The number of nitrogens with zero attached hydrogens (tertiary/aromatic N) is 4. The molecular weight excluding hydrogens is 503 g/mol. The van der Waals surface area contributed by atoms with Gasteiger partial charge < -0.3 is 18.9 Å². The fourth-order valence-electron chi connectivity index (χ4n) is 4.31. The average Bonchev–Trinajstić information content (AvgIpc) is 3.26. The first-order valence-corrected chi connectivity index (χ1v) is 12.6. The van der Waals surface area contributed by atoms with Crippen LogP contribution in [0.2, 0.25) is 0 Å². The molecule has 2 aromatic carbocycles. The zero-order chi connectivity index (χ0) is 27.2. The molecular formula is C29H29FN4O5. The van der Waals surface area contributed by atoms with Crippen LogP contribution in [0.5, 0.6) is 11.5 Å². The lowest BCUT2D eigenvalue weighted by molar-refractivity contribution is 0.0544. The van der Waals surface area contributed by atoms with E-state index in [9.17, 15) is 9.18 Å². The molecule has 39 heavy (non-hydrogen) atoms. The van der Waals surface area contributed by atoms with Crippen LogP contribution in [0.15, 0.2) is 71.8 Å². The van der Waals surface area contributed by atoms with E-state index in [4.69, 9.17) is 18.9 Å². The summed E-state index contributed by atoms with van der Waals surface area (Å²) >= 11 is 0. The van der Waals surface area contributed by atoms with Crippen LogP contribution in [-0.4, -0.2) is 59.5 Å². The number of aryl methyl sites for hydroxylation is 1. The molecule has 202 valence electrons. The van der Waals surface area contributed by atoms with Crippen LogP contribution >= 0.6 is 0 Å². The molecule has 0 saturated carbocycles. The van der Waals surface area contributed by atoms with Gasteiger partial charge in [0.05, 0.1) is 37.4 Å². The molecule has 9 nitrogen and oxygen atoms in total. The lowest BCUT2D eigenvalue weighted by Gasteiger charge is -2.12. The van der Waals surface area contributed by atoms with Crippen molar-refractivity contribution in [3.8, 4) is 17.3 Å². The van der Waals surface area contributed by atoms with Crippen molar-refractivity contribution in [2.45, 2.75) is 13.5 Å². The monoisotopic (exact) mass is 532 g/mol. The van der Waals surface area contributed by atoms with Gasteiger partial charge in [-0.3, -0.25) is 14.3 Å². The van der Waals surface area contributed by atoms with Crippen molar-refractivity contribution in [3.05, 3.63) is 88.7 Å². The molecule has 10 heteroatoms. The molecule has 0 aliphatic carbocycles. The summed E-state index contributed by atoms with van der Waals surface area (Å²) in [5, 5.41) is 6.26. The number of fused-ring (bicyclic) bond motifs is 2. The highest BCUT2D eigenvalue weighted by Crippen LogP contribution is 2.27. The van der Waals surface area contributed by atoms with Crippen LogP contribution in [0.3, 0.4) is 0 Å². The minimum atomic E-state index is -0.334. The van der Waals surface area contributed by atoms with Gasteiger partial charge in [0.25, 0.3) is 5.56 Å². The van der Waals surface area contributed by atoms with Gasteiger partial charge in [0.1, 0.15) is 30.5 Å². The predicted molar refractivity (Wildman–Crippen MR) is 145 cm³/mol. The second-order valence-corrected chi connectivity index (χ2v) is 8.89. The molecule has 0 spiro atoms. The summed E-state index contributed by atoms with van der Waals surface area (Å²) in [5.41, 5.74) is 2.15. The van der Waals surface area contributed by atoms with Crippen molar-refractivity contribution in [2.24, 2.45) is 0 Å². The molecule has 0 saturated heterocycles. The number of methoxy groups -OCH3 is 1. The maximum absolute atomic E-state index is 13.9. The van der Waals surface area contributed by atoms with E-state index in [1.165, 1.54) is 22.9 Å². The smallest absolute Gasteiger partial charge is 0.266 e. The van der Waals surface area contributed by atoms with Crippen molar-refractivity contribution in [1.29, 1.82) is 0 Å². The minimum absolute atomic E-state index is 0.215. The number of ether oxygens (including phenoxy) is 4. The van der Waals surface area contributed by atoms with Crippen LogP contribution in [0.25, 0.3) is 27.6 Å². The van der Waals surface area contributed by atoms with Gasteiger partial charge in [0, 0.05) is 42.4 Å². The summed E-state index contributed by atoms with van der Waals surface area (Å²) in [6, 6.07) is 15.1. The summed E-state index contributed by atoms with van der Waals surface area (Å²) in [5.74, 6) is 1.51. The number of hydrogen-bond donors (Lipinski definition) is 0. The molecule has 0 unspecified atom stereocenters. The Morgan fingerprint density at radius 3 is 2.62 bits per heavy atom. The number of halogens is 1. The highest BCUT2D eigenvalue weighted by Gasteiger charge is 2.11. The van der Waals surface area contributed by atoms with Crippen molar-refractivity contribution >= 4 is 21.8 Å². The van der Waals surface area contributed by atoms with E-state index in [1.54, 1.807) is 36.1 Å². The van der Waals surface area contributed by atoms with Gasteiger partial charge in [-0.25, -0.2) is 9.07 Å². The summed E-state index contributed by atoms with van der Waals surface area (Å²) < 4.78 is 39.2. The molecule has 0 bridgehead atoms. The Hall–Kier alpha value is -4.28. The number of benzene rings is 2. The lowest BCUT2D eigenvalue weighted by Crippen LogP contribution is -2.26.